The molecule has 51 heavy (non-hydrogen) atoms. The Morgan fingerprint density at radius 3 is 2.53 bits per heavy atom. The minimum Gasteiger partial charge on any atom is -0.444 e. The molecule has 1 saturated heterocycles. The first-order valence-electron chi connectivity index (χ1n) is 17.7. The fourth-order valence-electron chi connectivity index (χ4n) is 7.09. The Balaban J connectivity index is 1.25. The van der Waals surface area contributed by atoms with Crippen LogP contribution in [0.25, 0.3) is 0 Å². The van der Waals surface area contributed by atoms with Gasteiger partial charge in [0.2, 0.25) is 21.8 Å². The van der Waals surface area contributed by atoms with E-state index in [1.165, 1.54) is 9.80 Å². The SMILES string of the molecule is CC(C)(C)OC(=O)N[C@@H]1CCCCCC=C[C@@H]2C[C@@]2(C(=O)NS(=O)(=O)C2CC2)NC(=O)[C@@H]2C[C@@H](OC(=O)N3Cc4cccc(N)c4C3)CN2C1=O. The molecule has 3 heterocycles. The highest BCUT2D eigenvalue weighted by Crippen LogP contribution is 2.46. The lowest BCUT2D eigenvalue weighted by molar-refractivity contribution is -0.141. The van der Waals surface area contributed by atoms with E-state index in [2.05, 4.69) is 15.4 Å². The Morgan fingerprint density at radius 2 is 1.82 bits per heavy atom. The van der Waals surface area contributed by atoms with Crippen LogP contribution < -0.4 is 21.1 Å². The molecule has 3 fully saturated rings. The molecular formula is C35H48N6O9S. The van der Waals surface area contributed by atoms with Crippen LogP contribution in [0.15, 0.2) is 30.4 Å². The normalized spacial score (nSPS) is 28.3. The summed E-state index contributed by atoms with van der Waals surface area (Å²) in [5.74, 6) is -2.52. The van der Waals surface area contributed by atoms with Gasteiger partial charge in [0.05, 0.1) is 18.3 Å². The molecule has 0 unspecified atom stereocenters. The van der Waals surface area contributed by atoms with Gasteiger partial charge in [0, 0.05) is 24.6 Å². The van der Waals surface area contributed by atoms with Crippen LogP contribution in [0.4, 0.5) is 15.3 Å². The standard InChI is InChI=1S/C35H48N6O9S/c1-34(2,3)50-32(45)37-27-13-8-6-4-5-7-11-22-17-35(22,31(44)39-51(47,48)24-14-15-24)38-29(42)28-16-23(19-41(28)30(27)43)49-33(46)40-18-21-10-9-12-26(36)25(21)20-40/h7,9-12,22-24,27-28H,4-6,8,13-20,36H2,1-3H3,(H,37,45)(H,38,42)(H,39,44)/t22-,23-,27-,28+,35-/m1/s1. The third kappa shape index (κ3) is 8.26. The smallest absolute Gasteiger partial charge is 0.410 e. The van der Waals surface area contributed by atoms with E-state index in [4.69, 9.17) is 15.2 Å². The predicted molar refractivity (Wildman–Crippen MR) is 185 cm³/mol. The molecule has 5 amide bonds. The number of carbonyl (C=O) groups is 5. The third-order valence-electron chi connectivity index (χ3n) is 10.1. The molecule has 0 aromatic heterocycles. The number of ether oxygens (including phenoxy) is 2. The Kier molecular flexibility index (Phi) is 10.0. The number of allylic oxidation sites excluding steroid dienone is 1. The number of anilines is 1. The number of alkyl carbamates (subject to hydrolysis) is 1. The van der Waals surface area contributed by atoms with Crippen LogP contribution in [0.5, 0.6) is 0 Å². The fraction of sp³-hybridized carbons (Fsp3) is 0.629. The van der Waals surface area contributed by atoms with Gasteiger partial charge in [0.25, 0.3) is 5.91 Å². The van der Waals surface area contributed by atoms with Gasteiger partial charge in [-0.2, -0.15) is 0 Å². The molecule has 6 rings (SSSR count). The molecule has 3 aliphatic heterocycles. The summed E-state index contributed by atoms with van der Waals surface area (Å²) in [7, 11) is -3.90. The number of nitrogens with two attached hydrogens (primary N) is 1. The quantitative estimate of drug-likeness (QED) is 0.258. The van der Waals surface area contributed by atoms with Crippen molar-refractivity contribution in [2.75, 3.05) is 12.3 Å². The van der Waals surface area contributed by atoms with E-state index in [9.17, 15) is 32.4 Å². The number of carbonyl (C=O) groups excluding carboxylic acids is 5. The van der Waals surface area contributed by atoms with Crippen LogP contribution in [-0.4, -0.2) is 89.2 Å². The predicted octanol–water partition coefficient (Wildman–Crippen LogP) is 2.59. The first-order chi connectivity index (χ1) is 24.1. The third-order valence-corrected chi connectivity index (χ3v) is 11.9. The summed E-state index contributed by atoms with van der Waals surface area (Å²) in [6, 6.07) is 3.22. The van der Waals surface area contributed by atoms with Crippen LogP contribution in [0, 0.1) is 5.92 Å². The van der Waals surface area contributed by atoms with Crippen molar-refractivity contribution in [3.8, 4) is 0 Å². The molecule has 16 heteroatoms. The highest BCUT2D eigenvalue weighted by molar-refractivity contribution is 7.91. The molecular weight excluding hydrogens is 680 g/mol. The maximum atomic E-state index is 14.3. The van der Waals surface area contributed by atoms with Gasteiger partial charge in [-0.05, 0) is 76.5 Å². The van der Waals surface area contributed by atoms with Crippen LogP contribution in [0.1, 0.15) is 89.7 Å². The van der Waals surface area contributed by atoms with Gasteiger partial charge in [-0.3, -0.25) is 24.0 Å². The number of rotatable bonds is 5. The summed E-state index contributed by atoms with van der Waals surface area (Å²) in [5.41, 5.74) is 6.06. The minimum atomic E-state index is -3.90. The molecule has 5 N–H and O–H groups in total. The summed E-state index contributed by atoms with van der Waals surface area (Å²) in [4.78, 5) is 71.2. The molecule has 5 aliphatic rings. The number of nitrogen functional groups attached to an aromatic ring is 1. The molecule has 0 spiro atoms. The number of benzene rings is 1. The van der Waals surface area contributed by atoms with E-state index < -0.39 is 80.4 Å². The number of amides is 5. The Labute approximate surface area is 298 Å². The average molecular weight is 729 g/mol. The average Bonchev–Trinajstić information content (AvgIpc) is 3.93. The van der Waals surface area contributed by atoms with Crippen molar-refractivity contribution in [1.82, 2.24) is 25.2 Å². The largest absolute Gasteiger partial charge is 0.444 e. The monoisotopic (exact) mass is 728 g/mol. The van der Waals surface area contributed by atoms with E-state index >= 15 is 0 Å². The van der Waals surface area contributed by atoms with Crippen LogP contribution in [0.3, 0.4) is 0 Å². The van der Waals surface area contributed by atoms with Gasteiger partial charge < -0.3 is 30.7 Å². The molecule has 0 radical (unpaired) electrons. The molecule has 2 saturated carbocycles. The van der Waals surface area contributed by atoms with Gasteiger partial charge in [0.15, 0.2) is 0 Å². The number of sulfonamides is 1. The topological polar surface area (TPSA) is 207 Å². The van der Waals surface area contributed by atoms with Gasteiger partial charge in [-0.1, -0.05) is 37.1 Å². The number of hydrogen-bond donors (Lipinski definition) is 4. The Morgan fingerprint density at radius 1 is 1.06 bits per heavy atom. The summed E-state index contributed by atoms with van der Waals surface area (Å²) >= 11 is 0. The van der Waals surface area contributed by atoms with Gasteiger partial charge in [-0.25, -0.2) is 18.0 Å². The molecule has 1 aromatic rings. The second-order valence-electron chi connectivity index (χ2n) is 15.3. The molecule has 15 nitrogen and oxygen atoms in total. The number of fused-ring (bicyclic) bond motifs is 3. The zero-order valence-electron chi connectivity index (χ0n) is 29.3. The minimum absolute atomic E-state index is 0.0794. The highest BCUT2D eigenvalue weighted by Gasteiger charge is 2.62. The molecule has 0 bridgehead atoms. The summed E-state index contributed by atoms with van der Waals surface area (Å²) in [6.45, 7) is 5.51. The second-order valence-corrected chi connectivity index (χ2v) is 17.3. The maximum absolute atomic E-state index is 14.3. The van der Waals surface area contributed by atoms with Crippen molar-refractivity contribution in [2.24, 2.45) is 5.92 Å². The molecule has 5 atom stereocenters. The van der Waals surface area contributed by atoms with Crippen molar-refractivity contribution in [2.45, 2.75) is 126 Å². The van der Waals surface area contributed by atoms with Gasteiger partial charge >= 0.3 is 12.2 Å². The molecule has 2 aliphatic carbocycles. The summed E-state index contributed by atoms with van der Waals surface area (Å²) in [5, 5.41) is 4.85. The maximum Gasteiger partial charge on any atom is 0.410 e. The highest BCUT2D eigenvalue weighted by atomic mass is 32.2. The van der Waals surface area contributed by atoms with Crippen molar-refractivity contribution < 1.29 is 41.9 Å². The van der Waals surface area contributed by atoms with Gasteiger partial charge in [-0.15, -0.1) is 0 Å². The summed E-state index contributed by atoms with van der Waals surface area (Å²) < 4.78 is 39.0. The van der Waals surface area contributed by atoms with E-state index in [1.54, 1.807) is 26.8 Å². The zero-order valence-corrected chi connectivity index (χ0v) is 30.1. The first kappa shape index (κ1) is 36.5. The Bertz CT molecular complexity index is 1720. The number of nitrogens with one attached hydrogen (secondary N) is 3. The van der Waals surface area contributed by atoms with Crippen molar-refractivity contribution in [3.63, 3.8) is 0 Å². The van der Waals surface area contributed by atoms with Crippen molar-refractivity contribution >= 4 is 45.6 Å². The second kappa shape index (κ2) is 14.0. The summed E-state index contributed by atoms with van der Waals surface area (Å²) in [6.07, 6.45) is 5.52. The molecule has 1 aromatic carbocycles. The van der Waals surface area contributed by atoms with Crippen LogP contribution in [-0.2, 0) is 47.0 Å². The Hall–Kier alpha value is -4.34. The van der Waals surface area contributed by atoms with Crippen molar-refractivity contribution in [3.05, 3.63) is 41.5 Å². The molecule has 278 valence electrons. The number of nitrogens with zero attached hydrogens (tertiary/aromatic N) is 2. The lowest BCUT2D eigenvalue weighted by atomic mass is 10.0. The van der Waals surface area contributed by atoms with E-state index in [0.29, 0.717) is 31.4 Å². The van der Waals surface area contributed by atoms with E-state index in [1.807, 2.05) is 24.3 Å². The number of hydrogen-bond acceptors (Lipinski definition) is 10. The van der Waals surface area contributed by atoms with Crippen LogP contribution in [0.2, 0.25) is 0 Å². The lowest BCUT2D eigenvalue weighted by Gasteiger charge is -2.30. The lowest BCUT2D eigenvalue weighted by Crippen LogP contribution is -2.58. The van der Waals surface area contributed by atoms with Crippen molar-refractivity contribution in [1.29, 1.82) is 0 Å². The van der Waals surface area contributed by atoms with Crippen LogP contribution >= 0.6 is 0 Å². The van der Waals surface area contributed by atoms with E-state index in [0.717, 1.165) is 24.0 Å². The fourth-order valence-corrected chi connectivity index (χ4v) is 8.46. The van der Waals surface area contributed by atoms with E-state index in [-0.39, 0.29) is 38.9 Å². The first-order valence-corrected chi connectivity index (χ1v) is 19.3. The zero-order chi connectivity index (χ0) is 36.7. The van der Waals surface area contributed by atoms with Gasteiger partial charge in [0.1, 0.15) is 29.3 Å².